The zero-order valence-corrected chi connectivity index (χ0v) is 15.8. The maximum atomic E-state index is 12.7. The van der Waals surface area contributed by atoms with Crippen LogP contribution in [0.5, 0.6) is 5.75 Å². The van der Waals surface area contributed by atoms with E-state index in [1.807, 2.05) is 48.5 Å². The quantitative estimate of drug-likeness (QED) is 0.710. The normalized spacial score (nSPS) is 13.4. The van der Waals surface area contributed by atoms with E-state index in [1.54, 1.807) is 0 Å². The lowest BCUT2D eigenvalue weighted by Crippen LogP contribution is -2.39. The van der Waals surface area contributed by atoms with Gasteiger partial charge in [-0.3, -0.25) is 4.79 Å². The van der Waals surface area contributed by atoms with Crippen LogP contribution < -0.4 is 4.74 Å². The van der Waals surface area contributed by atoms with Gasteiger partial charge in [-0.2, -0.15) is 4.31 Å². The highest BCUT2D eigenvalue weighted by Crippen LogP contribution is 2.26. The van der Waals surface area contributed by atoms with E-state index in [9.17, 15) is 13.2 Å². The third-order valence-corrected chi connectivity index (χ3v) is 6.42. The highest BCUT2D eigenvalue weighted by molar-refractivity contribution is 7.89. The van der Waals surface area contributed by atoms with Gasteiger partial charge in [0.2, 0.25) is 10.0 Å². The minimum Gasteiger partial charge on any atom is -0.493 e. The molecular formula is C20H23NO5S. The van der Waals surface area contributed by atoms with Crippen LogP contribution in [0.25, 0.3) is 0 Å². The summed E-state index contributed by atoms with van der Waals surface area (Å²) in [5.74, 6) is -0.410. The van der Waals surface area contributed by atoms with E-state index in [2.05, 4.69) is 0 Å². The Kier molecular flexibility index (Phi) is 6.13. The van der Waals surface area contributed by atoms with Crippen LogP contribution in [0, 0.1) is 0 Å². The van der Waals surface area contributed by atoms with Gasteiger partial charge in [0.15, 0.2) is 0 Å². The van der Waals surface area contributed by atoms with E-state index >= 15 is 0 Å². The summed E-state index contributed by atoms with van der Waals surface area (Å²) in [6.45, 7) is 0.285. The number of carboxylic acid groups (broad SMARTS) is 1. The van der Waals surface area contributed by atoms with Gasteiger partial charge in [-0.15, -0.1) is 0 Å². The monoisotopic (exact) mass is 389 g/mol. The Balaban J connectivity index is 1.65. The molecule has 3 rings (SSSR count). The molecule has 2 aromatic carbocycles. The Hall–Kier alpha value is -2.38. The van der Waals surface area contributed by atoms with Crippen molar-refractivity contribution in [2.75, 3.05) is 25.4 Å². The molecule has 0 spiro atoms. The lowest BCUT2D eigenvalue weighted by Gasteiger charge is -2.20. The van der Waals surface area contributed by atoms with Gasteiger partial charge in [0.1, 0.15) is 12.3 Å². The Morgan fingerprint density at radius 3 is 2.59 bits per heavy atom. The number of sulfonamides is 1. The molecule has 0 unspecified atom stereocenters. The van der Waals surface area contributed by atoms with Gasteiger partial charge in [-0.1, -0.05) is 42.5 Å². The first-order valence-electron chi connectivity index (χ1n) is 8.92. The fourth-order valence-electron chi connectivity index (χ4n) is 3.14. The van der Waals surface area contributed by atoms with E-state index < -0.39 is 22.5 Å². The Morgan fingerprint density at radius 2 is 1.85 bits per heavy atom. The van der Waals surface area contributed by atoms with E-state index in [0.717, 1.165) is 33.2 Å². The molecule has 0 aromatic heterocycles. The molecule has 1 N–H and O–H groups in total. The van der Waals surface area contributed by atoms with Crippen LogP contribution in [0.2, 0.25) is 0 Å². The molecule has 1 aliphatic heterocycles. The van der Waals surface area contributed by atoms with Crippen molar-refractivity contribution < 1.29 is 23.1 Å². The van der Waals surface area contributed by atoms with Crippen molar-refractivity contribution in [3.05, 3.63) is 65.2 Å². The van der Waals surface area contributed by atoms with Gasteiger partial charge in [-0.25, -0.2) is 8.42 Å². The summed E-state index contributed by atoms with van der Waals surface area (Å²) in [6, 6.07) is 15.2. The summed E-state index contributed by atoms with van der Waals surface area (Å²) >= 11 is 0. The minimum absolute atomic E-state index is 0.116. The summed E-state index contributed by atoms with van der Waals surface area (Å²) < 4.78 is 32.0. The van der Waals surface area contributed by atoms with E-state index in [1.165, 1.54) is 0 Å². The molecule has 6 nitrogen and oxygen atoms in total. The van der Waals surface area contributed by atoms with Crippen LogP contribution in [0.1, 0.15) is 16.7 Å². The minimum atomic E-state index is -3.68. The molecule has 7 heteroatoms. The van der Waals surface area contributed by atoms with E-state index in [0.29, 0.717) is 19.4 Å². The Labute approximate surface area is 159 Å². The molecule has 27 heavy (non-hydrogen) atoms. The topological polar surface area (TPSA) is 83.9 Å². The molecule has 0 radical (unpaired) electrons. The highest BCUT2D eigenvalue weighted by atomic mass is 32.2. The third kappa shape index (κ3) is 5.30. The van der Waals surface area contributed by atoms with Crippen LogP contribution in [-0.4, -0.2) is 49.2 Å². The predicted molar refractivity (Wildman–Crippen MR) is 102 cm³/mol. The Morgan fingerprint density at radius 1 is 1.07 bits per heavy atom. The fraction of sp³-hybridized carbons (Fsp3) is 0.350. The predicted octanol–water partition coefficient (Wildman–Crippen LogP) is 2.12. The first-order chi connectivity index (χ1) is 12.9. The molecule has 2 aromatic rings. The van der Waals surface area contributed by atoms with Crippen molar-refractivity contribution in [1.82, 2.24) is 4.31 Å². The van der Waals surface area contributed by atoms with Crippen molar-refractivity contribution in [2.24, 2.45) is 0 Å². The molecular weight excluding hydrogens is 366 g/mol. The molecule has 0 amide bonds. The number of ether oxygens (including phenoxy) is 1. The molecule has 1 aliphatic rings. The number of hydrogen-bond donors (Lipinski definition) is 1. The second-order valence-electron chi connectivity index (χ2n) is 6.57. The Bertz CT molecular complexity index is 896. The lowest BCUT2D eigenvalue weighted by atomic mass is 10.1. The fourth-order valence-corrected chi connectivity index (χ4v) is 4.57. The van der Waals surface area contributed by atoms with Crippen LogP contribution in [0.3, 0.4) is 0 Å². The van der Waals surface area contributed by atoms with Gasteiger partial charge in [-0.05, 0) is 35.6 Å². The van der Waals surface area contributed by atoms with Crippen LogP contribution in [0.4, 0.5) is 0 Å². The molecule has 0 aliphatic carbocycles. The summed E-state index contributed by atoms with van der Waals surface area (Å²) in [6.07, 6.45) is 1.65. The van der Waals surface area contributed by atoms with Crippen molar-refractivity contribution in [2.45, 2.75) is 19.3 Å². The first kappa shape index (κ1) is 19.4. The number of aryl methyl sites for hydroxylation is 1. The molecule has 144 valence electrons. The third-order valence-electron chi connectivity index (χ3n) is 4.60. The number of fused-ring (bicyclic) bond motifs is 1. The van der Waals surface area contributed by atoms with E-state index in [4.69, 9.17) is 9.84 Å². The van der Waals surface area contributed by atoms with Crippen LogP contribution >= 0.6 is 0 Å². The van der Waals surface area contributed by atoms with Gasteiger partial charge in [0.25, 0.3) is 0 Å². The zero-order valence-electron chi connectivity index (χ0n) is 15.0. The van der Waals surface area contributed by atoms with Crippen molar-refractivity contribution in [1.29, 1.82) is 0 Å². The molecule has 0 bridgehead atoms. The molecule has 0 fully saturated rings. The van der Waals surface area contributed by atoms with Gasteiger partial charge in [0.05, 0.1) is 12.4 Å². The maximum absolute atomic E-state index is 12.7. The second-order valence-corrected chi connectivity index (χ2v) is 8.66. The summed E-state index contributed by atoms with van der Waals surface area (Å²) in [5, 5.41) is 9.12. The molecule has 0 saturated heterocycles. The number of carbonyl (C=O) groups is 1. The number of aliphatic carboxylic acids is 1. The second kappa shape index (κ2) is 8.54. The SMILES string of the molecule is O=C(O)CN(CCc1ccccc1)S(=O)(=O)CCc1ccc2c(c1)CCO2. The van der Waals surface area contributed by atoms with Crippen molar-refractivity contribution in [3.8, 4) is 5.75 Å². The summed E-state index contributed by atoms with van der Waals surface area (Å²) in [7, 11) is -3.68. The van der Waals surface area contributed by atoms with Gasteiger partial charge >= 0.3 is 5.97 Å². The standard InChI is InChI=1S/C20H23NO5S/c22-20(23)15-21(11-8-16-4-2-1-3-5-16)27(24,25)13-10-17-6-7-19-18(14-17)9-12-26-19/h1-7,14H,8-13,15H2,(H,22,23). The molecule has 0 saturated carbocycles. The van der Waals surface area contributed by atoms with Crippen molar-refractivity contribution in [3.63, 3.8) is 0 Å². The first-order valence-corrected chi connectivity index (χ1v) is 10.5. The zero-order chi connectivity index (χ0) is 19.3. The van der Waals surface area contributed by atoms with Gasteiger partial charge in [0, 0.05) is 13.0 Å². The average molecular weight is 389 g/mol. The number of nitrogens with zero attached hydrogens (tertiary/aromatic N) is 1. The summed E-state index contributed by atoms with van der Waals surface area (Å²) in [4.78, 5) is 11.1. The van der Waals surface area contributed by atoms with Gasteiger partial charge < -0.3 is 9.84 Å². The average Bonchev–Trinajstić information content (AvgIpc) is 3.12. The lowest BCUT2D eigenvalue weighted by molar-refractivity contribution is -0.137. The number of hydrogen-bond acceptors (Lipinski definition) is 4. The van der Waals surface area contributed by atoms with Crippen LogP contribution in [-0.2, 0) is 34.1 Å². The van der Waals surface area contributed by atoms with E-state index in [-0.39, 0.29) is 12.3 Å². The summed E-state index contributed by atoms with van der Waals surface area (Å²) in [5.41, 5.74) is 2.99. The molecule has 0 atom stereocenters. The molecule has 1 heterocycles. The van der Waals surface area contributed by atoms with Crippen molar-refractivity contribution >= 4 is 16.0 Å². The number of rotatable bonds is 9. The largest absolute Gasteiger partial charge is 0.493 e. The number of benzene rings is 2. The maximum Gasteiger partial charge on any atom is 0.318 e. The smallest absolute Gasteiger partial charge is 0.318 e. The highest BCUT2D eigenvalue weighted by Gasteiger charge is 2.24. The van der Waals surface area contributed by atoms with Crippen LogP contribution in [0.15, 0.2) is 48.5 Å². The number of carboxylic acids is 1.